The molecule has 14 nitrogen and oxygen atoms in total. The van der Waals surface area contributed by atoms with Crippen molar-refractivity contribution in [1.29, 1.82) is 0 Å². The van der Waals surface area contributed by atoms with Gasteiger partial charge in [-0.3, -0.25) is 19.2 Å². The Morgan fingerprint density at radius 2 is 0.823 bits per heavy atom. The number of rotatable bonds is 14. The molecule has 4 aromatic carbocycles. The molecule has 2 unspecified atom stereocenters. The lowest BCUT2D eigenvalue weighted by molar-refractivity contribution is -0.144. The number of hydrogen-bond donors (Lipinski definition) is 6. The van der Waals surface area contributed by atoms with Gasteiger partial charge < -0.3 is 49.6 Å². The summed E-state index contributed by atoms with van der Waals surface area (Å²) in [4.78, 5) is 46.3. The monoisotopic (exact) mass is 864 g/mol. The highest BCUT2D eigenvalue weighted by Crippen LogP contribution is 2.28. The Balaban J connectivity index is 0.000000414. The number of esters is 4. The van der Waals surface area contributed by atoms with Crippen LogP contribution in [0.2, 0.25) is 0 Å². The van der Waals surface area contributed by atoms with Gasteiger partial charge in [-0.05, 0) is 114 Å². The van der Waals surface area contributed by atoms with Gasteiger partial charge >= 0.3 is 23.9 Å². The Morgan fingerprint density at radius 3 is 1.13 bits per heavy atom. The molecule has 0 aliphatic carbocycles. The zero-order chi connectivity index (χ0) is 47.2. The van der Waals surface area contributed by atoms with E-state index in [1.807, 2.05) is 62.3 Å². The van der Waals surface area contributed by atoms with E-state index in [9.17, 15) is 34.5 Å². The molecular formula is C48H64O14. The smallest absolute Gasteiger partial charge is 0.316 e. The minimum absolute atomic E-state index is 0.00848. The molecule has 4 rings (SSSR count). The molecule has 0 amide bonds. The van der Waals surface area contributed by atoms with Gasteiger partial charge in [-0.2, -0.15) is 0 Å². The summed E-state index contributed by atoms with van der Waals surface area (Å²) in [6, 6.07) is 21.1. The van der Waals surface area contributed by atoms with Crippen molar-refractivity contribution in [2.45, 2.75) is 108 Å². The molecule has 62 heavy (non-hydrogen) atoms. The van der Waals surface area contributed by atoms with E-state index in [0.717, 1.165) is 6.42 Å². The number of aromatic hydroxyl groups is 4. The number of phenols is 4. The van der Waals surface area contributed by atoms with Crippen LogP contribution in [-0.2, 0) is 32.4 Å². The van der Waals surface area contributed by atoms with Crippen molar-refractivity contribution in [2.75, 3.05) is 0 Å². The molecule has 0 aliphatic rings. The minimum atomic E-state index is -0.544. The topological polar surface area (TPSA) is 227 Å². The molecule has 0 radical (unpaired) electrons. The highest BCUT2D eigenvalue weighted by molar-refractivity contribution is 5.79. The summed E-state index contributed by atoms with van der Waals surface area (Å²) in [7, 11) is 0. The lowest BCUT2D eigenvalue weighted by Gasteiger charge is -2.20. The maximum absolute atomic E-state index is 11.8. The quantitative estimate of drug-likeness (QED) is 0.0513. The number of hydrogen-bond acceptors (Lipinski definition) is 14. The maximum atomic E-state index is 11.8. The average Bonchev–Trinajstić information content (AvgIpc) is 3.24. The summed E-state index contributed by atoms with van der Waals surface area (Å²) >= 11 is 0. The van der Waals surface area contributed by atoms with Crippen molar-refractivity contribution >= 4 is 23.9 Å². The van der Waals surface area contributed by atoms with E-state index in [4.69, 9.17) is 34.3 Å². The van der Waals surface area contributed by atoms with Crippen molar-refractivity contribution < 1.29 is 68.8 Å². The molecule has 0 saturated carbocycles. The Morgan fingerprint density at radius 1 is 0.500 bits per heavy atom. The van der Waals surface area contributed by atoms with E-state index in [1.54, 1.807) is 31.2 Å². The summed E-state index contributed by atoms with van der Waals surface area (Å²) in [5.41, 5.74) is -0.359. The molecule has 0 aromatic heterocycles. The third kappa shape index (κ3) is 18.7. The molecule has 14 heteroatoms. The molecule has 0 fully saturated rings. The predicted octanol–water partition coefficient (Wildman–Crippen LogP) is 9.14. The molecule has 0 aliphatic heterocycles. The summed E-state index contributed by atoms with van der Waals surface area (Å²) < 4.78 is 20.5. The van der Waals surface area contributed by atoms with Gasteiger partial charge in [0.15, 0.2) is 0 Å². The van der Waals surface area contributed by atoms with Crippen LogP contribution < -0.4 is 18.9 Å². The van der Waals surface area contributed by atoms with Crippen molar-refractivity contribution in [2.24, 2.45) is 22.7 Å². The molecule has 0 heterocycles. The van der Waals surface area contributed by atoms with Crippen LogP contribution in [0.25, 0.3) is 0 Å². The van der Waals surface area contributed by atoms with E-state index in [-0.39, 0.29) is 71.9 Å². The second kappa shape index (κ2) is 26.3. The van der Waals surface area contributed by atoms with E-state index >= 15 is 0 Å². The Kier molecular flexibility index (Phi) is 22.8. The molecule has 0 saturated heterocycles. The van der Waals surface area contributed by atoms with Crippen molar-refractivity contribution in [1.82, 2.24) is 0 Å². The molecule has 6 N–H and O–H groups in total. The fourth-order valence-electron chi connectivity index (χ4n) is 4.14. The van der Waals surface area contributed by atoms with E-state index in [2.05, 4.69) is 0 Å². The van der Waals surface area contributed by atoms with Crippen LogP contribution in [0.4, 0.5) is 0 Å². The number of aliphatic hydroxyl groups excluding tert-OH is 2. The molecular weight excluding hydrogens is 801 g/mol. The van der Waals surface area contributed by atoms with Gasteiger partial charge in [0.2, 0.25) is 0 Å². The third-order valence-electron chi connectivity index (χ3n) is 9.84. The average molecular weight is 865 g/mol. The van der Waals surface area contributed by atoms with E-state index in [0.29, 0.717) is 53.4 Å². The Hall–Kier alpha value is -6.12. The summed E-state index contributed by atoms with van der Waals surface area (Å²) in [6.45, 7) is 18.0. The van der Waals surface area contributed by atoms with Crippen LogP contribution in [0.1, 0.15) is 106 Å². The van der Waals surface area contributed by atoms with Crippen molar-refractivity contribution in [3.05, 3.63) is 96.1 Å². The molecule has 0 spiro atoms. The Labute approximate surface area is 364 Å². The first-order valence-corrected chi connectivity index (χ1v) is 20.4. The number of aliphatic hydroxyl groups is 2. The fraction of sp³-hybridized carbons (Fsp3) is 0.417. The van der Waals surface area contributed by atoms with Crippen LogP contribution in [0, 0.1) is 22.7 Å². The van der Waals surface area contributed by atoms with Crippen LogP contribution in [0.15, 0.2) is 84.9 Å². The van der Waals surface area contributed by atoms with Crippen LogP contribution in [0.5, 0.6) is 46.0 Å². The first kappa shape index (κ1) is 53.9. The zero-order valence-electron chi connectivity index (χ0n) is 37.4. The second-order valence-corrected chi connectivity index (χ2v) is 15.6. The number of ether oxygens (including phenoxy) is 4. The van der Waals surface area contributed by atoms with Gasteiger partial charge in [-0.25, -0.2) is 0 Å². The number of carbonyl (C=O) groups is 4. The van der Waals surface area contributed by atoms with Crippen molar-refractivity contribution in [3.63, 3.8) is 0 Å². The largest absolute Gasteiger partial charge is 0.508 e. The SMILES string of the molecule is CCC(C)(C)C(=O)Oc1ccc(O)c(CO)c1.CCC(C)(C)C(=O)Oc1cccc(O)c1.CCC(C)C(=O)Oc1ccc(O)c(CO)c1.CCC(C)C(=O)Oc1cccc(O)c1. The van der Waals surface area contributed by atoms with E-state index < -0.39 is 10.8 Å². The maximum Gasteiger partial charge on any atom is 0.316 e. The molecule has 340 valence electrons. The summed E-state index contributed by atoms with van der Waals surface area (Å²) in [6.07, 6.45) is 2.85. The third-order valence-corrected chi connectivity index (χ3v) is 9.84. The highest BCUT2D eigenvalue weighted by Gasteiger charge is 2.28. The van der Waals surface area contributed by atoms with Crippen molar-refractivity contribution in [3.8, 4) is 46.0 Å². The predicted molar refractivity (Wildman–Crippen MR) is 234 cm³/mol. The van der Waals surface area contributed by atoms with Gasteiger partial charge in [0.05, 0.1) is 35.9 Å². The van der Waals surface area contributed by atoms with Gasteiger partial charge in [0.1, 0.15) is 46.0 Å². The van der Waals surface area contributed by atoms with Crippen LogP contribution in [0.3, 0.4) is 0 Å². The summed E-state index contributed by atoms with van der Waals surface area (Å²) in [5.74, 6) is 0.147. The second-order valence-electron chi connectivity index (χ2n) is 15.6. The minimum Gasteiger partial charge on any atom is -0.508 e. The fourth-order valence-corrected chi connectivity index (χ4v) is 4.14. The first-order chi connectivity index (χ1) is 29.1. The normalized spacial score (nSPS) is 11.7. The lowest BCUT2D eigenvalue weighted by atomic mass is 9.91. The number of phenolic OH excluding ortho intramolecular Hbond substituents is 2. The number of carbonyl (C=O) groups excluding carboxylic acids is 4. The standard InChI is InChI=1S/C13H18O4.C12H16O4.C12H16O3.C11H14O3/c1-4-13(2,3)12(16)17-10-5-6-11(15)9(7-10)8-14;1-3-8(2)12(15)16-10-4-5-11(14)9(6-10)7-13;1-4-12(2,3)11(14)15-10-7-5-6-9(13)8-10;1-3-8(2)11(13)14-10-6-4-5-9(12)7-10/h5-7,14-15H,4,8H2,1-3H3;4-6,8,13-14H,3,7H2,1-2H3;5-8,13H,4H2,1-3H3;4-8,12H,3H2,1-2H3. The Bertz CT molecular complexity index is 2040. The number of benzene rings is 4. The van der Waals surface area contributed by atoms with Gasteiger partial charge in [-0.1, -0.05) is 53.7 Å². The first-order valence-electron chi connectivity index (χ1n) is 20.4. The molecule has 4 aromatic rings. The van der Waals surface area contributed by atoms with E-state index in [1.165, 1.54) is 60.7 Å². The molecule has 0 bridgehead atoms. The van der Waals surface area contributed by atoms with Gasteiger partial charge in [0, 0.05) is 23.3 Å². The van der Waals surface area contributed by atoms with Gasteiger partial charge in [0.25, 0.3) is 0 Å². The lowest BCUT2D eigenvalue weighted by Crippen LogP contribution is -2.28. The zero-order valence-corrected chi connectivity index (χ0v) is 37.4. The van der Waals surface area contributed by atoms with Gasteiger partial charge in [-0.15, -0.1) is 0 Å². The molecule has 2 atom stereocenters. The summed E-state index contributed by atoms with van der Waals surface area (Å²) in [5, 5.41) is 54.9. The van der Waals surface area contributed by atoms with Crippen LogP contribution in [-0.4, -0.2) is 54.5 Å². The van der Waals surface area contributed by atoms with Crippen LogP contribution >= 0.6 is 0 Å². The highest BCUT2D eigenvalue weighted by atomic mass is 16.5.